The Labute approximate surface area is 155 Å². The van der Waals surface area contributed by atoms with Crippen LogP contribution in [0.25, 0.3) is 21.8 Å². The van der Waals surface area contributed by atoms with Crippen molar-refractivity contribution >= 4 is 21.8 Å². The lowest BCUT2D eigenvalue weighted by Crippen LogP contribution is -2.09. The summed E-state index contributed by atoms with van der Waals surface area (Å²) in [6.45, 7) is 0. The largest absolute Gasteiger partial charge is 0.494 e. The first kappa shape index (κ1) is 18.5. The molecule has 0 saturated carbocycles. The van der Waals surface area contributed by atoms with Crippen LogP contribution in [0.3, 0.4) is 0 Å². The predicted octanol–water partition coefficient (Wildman–Crippen LogP) is 2.73. The SMILES string of the molecule is COc1cc2c(=O)c3c(OC)c(OC)cc(OC)c3[nH]c2c(OC)c1OC. The second-order valence-corrected chi connectivity index (χ2v) is 5.59. The third kappa shape index (κ3) is 2.64. The first-order chi connectivity index (χ1) is 13.1. The van der Waals surface area contributed by atoms with Crippen molar-refractivity contribution in [1.29, 1.82) is 0 Å². The minimum absolute atomic E-state index is 0.285. The van der Waals surface area contributed by atoms with Gasteiger partial charge in [0.2, 0.25) is 11.2 Å². The lowest BCUT2D eigenvalue weighted by atomic mass is 10.1. The van der Waals surface area contributed by atoms with Crippen molar-refractivity contribution in [2.75, 3.05) is 42.7 Å². The van der Waals surface area contributed by atoms with Gasteiger partial charge in [0, 0.05) is 6.07 Å². The number of aromatic nitrogens is 1. The van der Waals surface area contributed by atoms with Crippen LogP contribution in [0, 0.1) is 0 Å². The Kier molecular flexibility index (Phi) is 4.89. The number of pyridine rings is 1. The summed E-state index contributed by atoms with van der Waals surface area (Å²) >= 11 is 0. The summed E-state index contributed by atoms with van der Waals surface area (Å²) in [6.07, 6.45) is 0. The van der Waals surface area contributed by atoms with Crippen molar-refractivity contribution < 1.29 is 28.4 Å². The number of rotatable bonds is 6. The fraction of sp³-hybridized carbons (Fsp3) is 0.316. The highest BCUT2D eigenvalue weighted by molar-refractivity contribution is 6.03. The zero-order valence-corrected chi connectivity index (χ0v) is 16.0. The molecule has 1 aromatic heterocycles. The van der Waals surface area contributed by atoms with E-state index >= 15 is 0 Å². The average Bonchev–Trinajstić information content (AvgIpc) is 2.71. The molecular formula is C19H21NO7. The van der Waals surface area contributed by atoms with E-state index in [1.54, 1.807) is 12.1 Å². The third-order valence-electron chi connectivity index (χ3n) is 4.41. The number of hydrogen-bond acceptors (Lipinski definition) is 7. The molecule has 1 heterocycles. The van der Waals surface area contributed by atoms with Gasteiger partial charge in [0.15, 0.2) is 23.0 Å². The van der Waals surface area contributed by atoms with E-state index in [1.807, 2.05) is 0 Å². The topological polar surface area (TPSA) is 88.2 Å². The third-order valence-corrected chi connectivity index (χ3v) is 4.41. The molecule has 3 aromatic rings. The second kappa shape index (κ2) is 7.14. The van der Waals surface area contributed by atoms with Crippen LogP contribution in [0.1, 0.15) is 0 Å². The molecule has 3 rings (SSSR count). The molecule has 0 bridgehead atoms. The molecule has 0 aliphatic heterocycles. The predicted molar refractivity (Wildman–Crippen MR) is 101 cm³/mol. The summed E-state index contributed by atoms with van der Waals surface area (Å²) in [7, 11) is 8.96. The number of hydrogen-bond donors (Lipinski definition) is 1. The normalized spacial score (nSPS) is 10.7. The van der Waals surface area contributed by atoms with Gasteiger partial charge in [-0.15, -0.1) is 0 Å². The van der Waals surface area contributed by atoms with E-state index in [0.29, 0.717) is 56.3 Å². The van der Waals surface area contributed by atoms with Crippen molar-refractivity contribution in [3.05, 3.63) is 22.4 Å². The standard InChI is InChI=1S/C19H21NO7/c1-22-10-8-12(24-3)17(25-4)13-15(10)20-14-9(16(13)21)7-11(23-2)18(26-5)19(14)27-6/h7-8H,1-6H3,(H,20,21). The summed E-state index contributed by atoms with van der Waals surface area (Å²) in [6, 6.07) is 3.25. The summed E-state index contributed by atoms with van der Waals surface area (Å²) in [4.78, 5) is 16.6. The Morgan fingerprint density at radius 3 is 1.70 bits per heavy atom. The van der Waals surface area contributed by atoms with Gasteiger partial charge in [0.1, 0.15) is 5.75 Å². The second-order valence-electron chi connectivity index (χ2n) is 5.59. The average molecular weight is 375 g/mol. The van der Waals surface area contributed by atoms with Crippen LogP contribution in [-0.4, -0.2) is 47.6 Å². The number of ether oxygens (including phenoxy) is 6. The van der Waals surface area contributed by atoms with Gasteiger partial charge in [0.05, 0.1) is 64.5 Å². The molecule has 0 unspecified atom stereocenters. The van der Waals surface area contributed by atoms with Gasteiger partial charge >= 0.3 is 0 Å². The van der Waals surface area contributed by atoms with Crippen LogP contribution in [0.5, 0.6) is 34.5 Å². The number of methoxy groups -OCH3 is 6. The molecule has 0 spiro atoms. The molecule has 144 valence electrons. The fourth-order valence-electron chi connectivity index (χ4n) is 3.19. The van der Waals surface area contributed by atoms with E-state index in [0.717, 1.165) is 0 Å². The number of nitrogens with one attached hydrogen (secondary N) is 1. The molecule has 0 aliphatic carbocycles. The van der Waals surface area contributed by atoms with Gasteiger partial charge in [-0.25, -0.2) is 0 Å². The highest BCUT2D eigenvalue weighted by atomic mass is 16.5. The molecule has 27 heavy (non-hydrogen) atoms. The minimum Gasteiger partial charge on any atom is -0.494 e. The molecule has 0 atom stereocenters. The molecule has 2 aromatic carbocycles. The molecule has 8 nitrogen and oxygen atoms in total. The quantitative estimate of drug-likeness (QED) is 0.663. The zero-order chi connectivity index (χ0) is 19.7. The van der Waals surface area contributed by atoms with E-state index < -0.39 is 0 Å². The minimum atomic E-state index is -0.285. The van der Waals surface area contributed by atoms with Gasteiger partial charge < -0.3 is 33.4 Å². The highest BCUT2D eigenvalue weighted by Crippen LogP contribution is 2.45. The zero-order valence-electron chi connectivity index (χ0n) is 16.0. The molecular weight excluding hydrogens is 354 g/mol. The molecule has 0 saturated heterocycles. The molecule has 0 aliphatic rings. The maximum Gasteiger partial charge on any atom is 0.205 e. The van der Waals surface area contributed by atoms with E-state index in [2.05, 4.69) is 4.98 Å². The van der Waals surface area contributed by atoms with E-state index in [-0.39, 0.29) is 5.43 Å². The van der Waals surface area contributed by atoms with Crippen molar-refractivity contribution in [2.24, 2.45) is 0 Å². The Balaban J connectivity index is 2.62. The molecule has 0 radical (unpaired) electrons. The van der Waals surface area contributed by atoms with Gasteiger partial charge in [-0.3, -0.25) is 4.79 Å². The van der Waals surface area contributed by atoms with Crippen LogP contribution in [-0.2, 0) is 0 Å². The number of H-pyrrole nitrogens is 1. The summed E-state index contributed by atoms with van der Waals surface area (Å²) in [5, 5.41) is 0.654. The van der Waals surface area contributed by atoms with Gasteiger partial charge in [-0.05, 0) is 6.07 Å². The Bertz CT molecular complexity index is 1070. The number of benzene rings is 2. The Morgan fingerprint density at radius 1 is 0.630 bits per heavy atom. The van der Waals surface area contributed by atoms with Crippen LogP contribution in [0.2, 0.25) is 0 Å². The molecule has 0 fully saturated rings. The van der Waals surface area contributed by atoms with Crippen LogP contribution < -0.4 is 33.8 Å². The lowest BCUT2D eigenvalue weighted by molar-refractivity contribution is 0.327. The van der Waals surface area contributed by atoms with E-state index in [9.17, 15) is 4.79 Å². The van der Waals surface area contributed by atoms with E-state index in [4.69, 9.17) is 28.4 Å². The monoisotopic (exact) mass is 375 g/mol. The number of aromatic amines is 1. The van der Waals surface area contributed by atoms with E-state index in [1.165, 1.54) is 42.7 Å². The van der Waals surface area contributed by atoms with Crippen molar-refractivity contribution in [1.82, 2.24) is 4.98 Å². The molecule has 1 N–H and O–H groups in total. The summed E-state index contributed by atoms with van der Waals surface area (Å²) < 4.78 is 32.5. The smallest absolute Gasteiger partial charge is 0.205 e. The van der Waals surface area contributed by atoms with Gasteiger partial charge in [-0.2, -0.15) is 0 Å². The van der Waals surface area contributed by atoms with Crippen LogP contribution in [0.4, 0.5) is 0 Å². The summed E-state index contributed by atoms with van der Waals surface area (Å²) in [5.74, 6) is 2.23. The van der Waals surface area contributed by atoms with Gasteiger partial charge in [-0.1, -0.05) is 0 Å². The van der Waals surface area contributed by atoms with Gasteiger partial charge in [0.25, 0.3) is 0 Å². The van der Waals surface area contributed by atoms with Crippen LogP contribution >= 0.6 is 0 Å². The number of fused-ring (bicyclic) bond motifs is 2. The van der Waals surface area contributed by atoms with Crippen molar-refractivity contribution in [3.63, 3.8) is 0 Å². The Hall–Kier alpha value is -3.29. The Morgan fingerprint density at radius 2 is 1.19 bits per heavy atom. The first-order valence-electron chi connectivity index (χ1n) is 8.03. The molecule has 8 heteroatoms. The fourth-order valence-corrected chi connectivity index (χ4v) is 3.19. The van der Waals surface area contributed by atoms with Crippen molar-refractivity contribution in [3.8, 4) is 34.5 Å². The maximum absolute atomic E-state index is 13.4. The summed E-state index contributed by atoms with van der Waals surface area (Å²) in [5.41, 5.74) is 0.628. The molecule has 0 amide bonds. The maximum atomic E-state index is 13.4. The lowest BCUT2D eigenvalue weighted by Gasteiger charge is -2.17. The highest BCUT2D eigenvalue weighted by Gasteiger charge is 2.24. The first-order valence-corrected chi connectivity index (χ1v) is 8.03. The van der Waals surface area contributed by atoms with Crippen molar-refractivity contribution in [2.45, 2.75) is 0 Å². The van der Waals surface area contributed by atoms with Crippen LogP contribution in [0.15, 0.2) is 16.9 Å².